The third kappa shape index (κ3) is 2.86. The molecule has 0 spiro atoms. The molecule has 98 valence electrons. The summed E-state index contributed by atoms with van der Waals surface area (Å²) in [5.74, 6) is 1.37. The quantitative estimate of drug-likeness (QED) is 0.747. The van der Waals surface area contributed by atoms with E-state index < -0.39 is 0 Å². The molecule has 1 aromatic rings. The summed E-state index contributed by atoms with van der Waals surface area (Å²) in [4.78, 5) is 14.4. The Bertz CT molecular complexity index is 415. The van der Waals surface area contributed by atoms with E-state index in [1.54, 1.807) is 0 Å². The predicted molar refractivity (Wildman–Crippen MR) is 74.9 cm³/mol. The summed E-state index contributed by atoms with van der Waals surface area (Å²) in [6.07, 6.45) is 2.21. The first-order chi connectivity index (χ1) is 8.61. The van der Waals surface area contributed by atoms with Crippen molar-refractivity contribution in [3.63, 3.8) is 0 Å². The zero-order valence-corrected chi connectivity index (χ0v) is 11.8. The van der Waals surface area contributed by atoms with E-state index in [2.05, 4.69) is 13.8 Å². The van der Waals surface area contributed by atoms with Gasteiger partial charge in [-0.25, -0.2) is 0 Å². The van der Waals surface area contributed by atoms with Crippen molar-refractivity contribution in [1.82, 2.24) is 4.90 Å². The summed E-state index contributed by atoms with van der Waals surface area (Å²) in [7, 11) is 0. The number of carbonyl (C=O) groups excluding carboxylic acids is 1. The Balaban J connectivity index is 2.10. The van der Waals surface area contributed by atoms with E-state index in [9.17, 15) is 4.79 Å². The van der Waals surface area contributed by atoms with Crippen LogP contribution in [0.1, 0.15) is 42.6 Å². The molecule has 0 radical (unpaired) electrons. The van der Waals surface area contributed by atoms with Crippen molar-refractivity contribution < 1.29 is 4.79 Å². The maximum atomic E-state index is 12.4. The molecule has 0 bridgehead atoms. The van der Waals surface area contributed by atoms with E-state index in [1.165, 1.54) is 0 Å². The van der Waals surface area contributed by atoms with E-state index >= 15 is 0 Å². The molecular formula is C15H20ClNO. The molecule has 0 aliphatic carbocycles. The summed E-state index contributed by atoms with van der Waals surface area (Å²) in [5, 5.41) is 0. The molecule has 1 saturated heterocycles. The van der Waals surface area contributed by atoms with Crippen LogP contribution in [0.3, 0.4) is 0 Å². The van der Waals surface area contributed by atoms with Gasteiger partial charge < -0.3 is 4.90 Å². The highest BCUT2D eigenvalue weighted by Crippen LogP contribution is 2.23. The number of nitrogens with zero attached hydrogens (tertiary/aromatic N) is 1. The van der Waals surface area contributed by atoms with Gasteiger partial charge in [0, 0.05) is 24.0 Å². The van der Waals surface area contributed by atoms with Crippen LogP contribution >= 0.6 is 11.6 Å². The maximum absolute atomic E-state index is 12.4. The van der Waals surface area contributed by atoms with Crippen LogP contribution in [-0.2, 0) is 5.88 Å². The summed E-state index contributed by atoms with van der Waals surface area (Å²) in [6, 6.07) is 7.96. The lowest BCUT2D eigenvalue weighted by Crippen LogP contribution is -2.44. The SMILES string of the molecule is CC1CCN(C(=O)c2ccc(CCl)cc2)C(C)C1. The Kier molecular flexibility index (Phi) is 4.28. The minimum Gasteiger partial charge on any atom is -0.336 e. The van der Waals surface area contributed by atoms with Crippen LogP contribution in [0.15, 0.2) is 24.3 Å². The van der Waals surface area contributed by atoms with E-state index in [4.69, 9.17) is 11.6 Å². The highest BCUT2D eigenvalue weighted by atomic mass is 35.5. The van der Waals surface area contributed by atoms with Crippen molar-refractivity contribution in [3.05, 3.63) is 35.4 Å². The number of piperidine rings is 1. The number of carbonyl (C=O) groups is 1. The van der Waals surface area contributed by atoms with Crippen LogP contribution in [-0.4, -0.2) is 23.4 Å². The Hall–Kier alpha value is -1.02. The number of benzene rings is 1. The lowest BCUT2D eigenvalue weighted by molar-refractivity contribution is 0.0588. The molecular weight excluding hydrogens is 246 g/mol. The molecule has 2 rings (SSSR count). The summed E-state index contributed by atoms with van der Waals surface area (Å²) >= 11 is 5.75. The lowest BCUT2D eigenvalue weighted by Gasteiger charge is -2.36. The van der Waals surface area contributed by atoms with Crippen LogP contribution < -0.4 is 0 Å². The molecule has 2 unspecified atom stereocenters. The molecule has 1 fully saturated rings. The van der Waals surface area contributed by atoms with Gasteiger partial charge in [-0.15, -0.1) is 11.6 Å². The molecule has 2 nitrogen and oxygen atoms in total. The first-order valence-corrected chi connectivity index (χ1v) is 7.11. The van der Waals surface area contributed by atoms with Crippen LogP contribution in [0, 0.1) is 5.92 Å². The zero-order valence-electron chi connectivity index (χ0n) is 11.0. The number of likely N-dealkylation sites (tertiary alicyclic amines) is 1. The number of alkyl halides is 1. The average Bonchev–Trinajstić information content (AvgIpc) is 2.38. The van der Waals surface area contributed by atoms with E-state index in [-0.39, 0.29) is 5.91 Å². The first kappa shape index (κ1) is 13.4. The molecule has 0 saturated carbocycles. The molecule has 1 aromatic carbocycles. The number of rotatable bonds is 2. The molecule has 2 atom stereocenters. The van der Waals surface area contributed by atoms with Gasteiger partial charge in [0.15, 0.2) is 0 Å². The maximum Gasteiger partial charge on any atom is 0.254 e. The van der Waals surface area contributed by atoms with Crippen molar-refractivity contribution in [2.75, 3.05) is 6.54 Å². The Morgan fingerprint density at radius 1 is 1.33 bits per heavy atom. The molecule has 0 aromatic heterocycles. The van der Waals surface area contributed by atoms with Gasteiger partial charge in [0.2, 0.25) is 0 Å². The zero-order chi connectivity index (χ0) is 13.1. The second-order valence-corrected chi connectivity index (χ2v) is 5.57. The molecule has 0 N–H and O–H groups in total. The number of hydrogen-bond acceptors (Lipinski definition) is 1. The van der Waals surface area contributed by atoms with Crippen molar-refractivity contribution in [2.24, 2.45) is 5.92 Å². The normalized spacial score (nSPS) is 24.1. The monoisotopic (exact) mass is 265 g/mol. The van der Waals surface area contributed by atoms with E-state index in [0.29, 0.717) is 11.9 Å². The third-order valence-corrected chi connectivity index (χ3v) is 4.06. The van der Waals surface area contributed by atoms with Gasteiger partial charge in [0.05, 0.1) is 0 Å². The van der Waals surface area contributed by atoms with E-state index in [1.807, 2.05) is 29.2 Å². The van der Waals surface area contributed by atoms with Gasteiger partial charge in [-0.05, 0) is 43.4 Å². The largest absolute Gasteiger partial charge is 0.336 e. The number of halogens is 1. The number of amides is 1. The Morgan fingerprint density at radius 2 is 2.00 bits per heavy atom. The van der Waals surface area contributed by atoms with Gasteiger partial charge in [-0.2, -0.15) is 0 Å². The Morgan fingerprint density at radius 3 is 2.56 bits per heavy atom. The molecule has 1 aliphatic heterocycles. The molecule has 18 heavy (non-hydrogen) atoms. The summed E-state index contributed by atoms with van der Waals surface area (Å²) in [5.41, 5.74) is 1.82. The van der Waals surface area contributed by atoms with Crippen molar-refractivity contribution >= 4 is 17.5 Å². The fourth-order valence-corrected chi connectivity index (χ4v) is 2.79. The highest BCUT2D eigenvalue weighted by molar-refractivity contribution is 6.17. The highest BCUT2D eigenvalue weighted by Gasteiger charge is 2.27. The Labute approximate surface area is 114 Å². The van der Waals surface area contributed by atoms with Gasteiger partial charge in [-0.1, -0.05) is 19.1 Å². The fraction of sp³-hybridized carbons (Fsp3) is 0.533. The standard InChI is InChI=1S/C15H20ClNO/c1-11-7-8-17(12(2)9-11)15(18)14-5-3-13(10-16)4-6-14/h3-6,11-12H,7-10H2,1-2H3. The second kappa shape index (κ2) is 5.75. The average molecular weight is 266 g/mol. The van der Waals surface area contributed by atoms with Gasteiger partial charge >= 0.3 is 0 Å². The number of hydrogen-bond donors (Lipinski definition) is 0. The van der Waals surface area contributed by atoms with Crippen LogP contribution in [0.25, 0.3) is 0 Å². The van der Waals surface area contributed by atoms with Crippen molar-refractivity contribution in [3.8, 4) is 0 Å². The minimum atomic E-state index is 0.149. The van der Waals surface area contributed by atoms with Gasteiger partial charge in [0.25, 0.3) is 5.91 Å². The van der Waals surface area contributed by atoms with Crippen molar-refractivity contribution in [2.45, 2.75) is 38.6 Å². The minimum absolute atomic E-state index is 0.149. The van der Waals surface area contributed by atoms with Gasteiger partial charge in [0.1, 0.15) is 0 Å². The third-order valence-electron chi connectivity index (χ3n) is 3.75. The molecule has 1 aliphatic rings. The van der Waals surface area contributed by atoms with Crippen LogP contribution in [0.4, 0.5) is 0 Å². The molecule has 1 amide bonds. The lowest BCUT2D eigenvalue weighted by atomic mass is 9.93. The molecule has 3 heteroatoms. The smallest absolute Gasteiger partial charge is 0.254 e. The summed E-state index contributed by atoms with van der Waals surface area (Å²) in [6.45, 7) is 5.27. The molecule has 1 heterocycles. The predicted octanol–water partition coefficient (Wildman–Crippen LogP) is 3.69. The topological polar surface area (TPSA) is 20.3 Å². The van der Waals surface area contributed by atoms with Crippen LogP contribution in [0.5, 0.6) is 0 Å². The van der Waals surface area contributed by atoms with Gasteiger partial charge in [-0.3, -0.25) is 4.79 Å². The van der Waals surface area contributed by atoms with Crippen LogP contribution in [0.2, 0.25) is 0 Å². The second-order valence-electron chi connectivity index (χ2n) is 5.31. The fourth-order valence-electron chi connectivity index (χ4n) is 2.61. The summed E-state index contributed by atoms with van der Waals surface area (Å²) < 4.78 is 0. The van der Waals surface area contributed by atoms with E-state index in [0.717, 1.165) is 36.4 Å². The first-order valence-electron chi connectivity index (χ1n) is 6.57. The van der Waals surface area contributed by atoms with Crippen molar-refractivity contribution in [1.29, 1.82) is 0 Å².